The van der Waals surface area contributed by atoms with E-state index in [1.165, 1.54) is 0 Å². The van der Waals surface area contributed by atoms with Gasteiger partial charge in [-0.1, -0.05) is 12.1 Å². The molecule has 9 heteroatoms. The number of rotatable bonds is 6. The van der Waals surface area contributed by atoms with Crippen LogP contribution in [-0.4, -0.2) is 52.6 Å². The van der Waals surface area contributed by atoms with E-state index in [1.807, 2.05) is 31.3 Å². The number of para-hydroxylation sites is 1. The molecule has 1 saturated heterocycles. The maximum Gasteiger partial charge on any atom is 0.330 e. The molecule has 1 atom stereocenters. The Hall–Kier alpha value is -1.99. The smallest absolute Gasteiger partial charge is 0.330 e. The Balaban J connectivity index is 1.86. The standard InChI is InChI=1S/C17H25N4O4P/c1-20-10-12-5-4-8-21(12)15(17(20)19)9-14(18)13-6-2-3-7-16(13)24-11-25-26(22)23/h2-3,6-7,9,12,22-23H,4-5,8,10-11,18-19H2,1H3/b14-9-. The zero-order valence-electron chi connectivity index (χ0n) is 14.7. The third-order valence-electron chi connectivity index (χ3n) is 4.72. The molecule has 6 N–H and O–H groups in total. The van der Waals surface area contributed by atoms with E-state index >= 15 is 0 Å². The summed E-state index contributed by atoms with van der Waals surface area (Å²) in [6.07, 6.45) is 4.18. The molecule has 1 unspecified atom stereocenters. The maximum atomic E-state index is 8.82. The van der Waals surface area contributed by atoms with Crippen molar-refractivity contribution in [3.63, 3.8) is 0 Å². The van der Waals surface area contributed by atoms with Crippen LogP contribution in [0.3, 0.4) is 0 Å². The van der Waals surface area contributed by atoms with E-state index in [0.717, 1.165) is 31.6 Å². The minimum atomic E-state index is -2.46. The predicted molar refractivity (Wildman–Crippen MR) is 100 cm³/mol. The Morgan fingerprint density at radius 1 is 1.38 bits per heavy atom. The topological polar surface area (TPSA) is 117 Å². The highest BCUT2D eigenvalue weighted by Crippen LogP contribution is 2.32. The number of benzene rings is 1. The predicted octanol–water partition coefficient (Wildman–Crippen LogP) is 1.09. The first-order valence-electron chi connectivity index (χ1n) is 8.45. The van der Waals surface area contributed by atoms with Crippen LogP contribution >= 0.6 is 8.60 Å². The van der Waals surface area contributed by atoms with Crippen LogP contribution in [0.2, 0.25) is 0 Å². The summed E-state index contributed by atoms with van der Waals surface area (Å²) in [6.45, 7) is 1.62. The number of fused-ring (bicyclic) bond motifs is 1. The first kappa shape index (κ1) is 18.8. The summed E-state index contributed by atoms with van der Waals surface area (Å²) < 4.78 is 10.1. The number of likely N-dealkylation sites (N-methyl/N-ethyl adjacent to an activating group) is 1. The SMILES string of the molecule is CN1CC2CCCN2C(/C=C(\N)c2ccccc2OCOP(O)O)=C1N. The highest BCUT2D eigenvalue weighted by molar-refractivity contribution is 7.39. The molecule has 0 saturated carbocycles. The van der Waals surface area contributed by atoms with E-state index in [1.54, 1.807) is 6.07 Å². The monoisotopic (exact) mass is 380 g/mol. The van der Waals surface area contributed by atoms with Gasteiger partial charge in [0.05, 0.1) is 5.70 Å². The van der Waals surface area contributed by atoms with Crippen LogP contribution < -0.4 is 16.2 Å². The molecule has 0 spiro atoms. The largest absolute Gasteiger partial charge is 0.466 e. The molecule has 142 valence electrons. The van der Waals surface area contributed by atoms with Gasteiger partial charge in [0.15, 0.2) is 6.79 Å². The first-order valence-corrected chi connectivity index (χ1v) is 9.61. The van der Waals surface area contributed by atoms with E-state index in [2.05, 4.69) is 14.3 Å². The van der Waals surface area contributed by atoms with Gasteiger partial charge in [0.2, 0.25) is 0 Å². The Morgan fingerprint density at radius 3 is 2.92 bits per heavy atom. The lowest BCUT2D eigenvalue weighted by atomic mass is 10.1. The second-order valence-corrected chi connectivity index (χ2v) is 7.14. The molecule has 2 aliphatic heterocycles. The number of nitrogens with two attached hydrogens (primary N) is 2. The van der Waals surface area contributed by atoms with Gasteiger partial charge in [0.1, 0.15) is 11.6 Å². The van der Waals surface area contributed by atoms with Gasteiger partial charge in [-0.3, -0.25) is 4.52 Å². The first-order chi connectivity index (χ1) is 12.5. The fourth-order valence-corrected chi connectivity index (χ4v) is 3.60. The quantitative estimate of drug-likeness (QED) is 0.428. The zero-order valence-corrected chi connectivity index (χ0v) is 15.6. The van der Waals surface area contributed by atoms with Crippen molar-refractivity contribution in [1.29, 1.82) is 0 Å². The lowest BCUT2D eigenvalue weighted by Crippen LogP contribution is -2.46. The number of hydrogen-bond donors (Lipinski definition) is 4. The third kappa shape index (κ3) is 4.04. The summed E-state index contributed by atoms with van der Waals surface area (Å²) >= 11 is 0. The van der Waals surface area contributed by atoms with E-state index < -0.39 is 8.60 Å². The molecule has 26 heavy (non-hydrogen) atoms. The third-order valence-corrected chi connectivity index (χ3v) is 5.05. The molecule has 8 nitrogen and oxygen atoms in total. The molecule has 0 aliphatic carbocycles. The van der Waals surface area contributed by atoms with Crippen molar-refractivity contribution in [1.82, 2.24) is 9.80 Å². The maximum absolute atomic E-state index is 8.82. The van der Waals surface area contributed by atoms with E-state index in [0.29, 0.717) is 28.9 Å². The van der Waals surface area contributed by atoms with Crippen molar-refractivity contribution in [2.45, 2.75) is 18.9 Å². The van der Waals surface area contributed by atoms with Gasteiger partial charge in [0.25, 0.3) is 0 Å². The Kier molecular flexibility index (Phi) is 5.88. The summed E-state index contributed by atoms with van der Waals surface area (Å²) in [5, 5.41) is 0. The number of ether oxygens (including phenoxy) is 1. The lowest BCUT2D eigenvalue weighted by Gasteiger charge is -2.39. The summed E-state index contributed by atoms with van der Waals surface area (Å²) in [5.74, 6) is 1.21. The molecule has 2 aliphatic rings. The molecule has 1 fully saturated rings. The molecule has 2 heterocycles. The summed E-state index contributed by atoms with van der Waals surface area (Å²) in [6, 6.07) is 7.72. The minimum Gasteiger partial charge on any atom is -0.466 e. The van der Waals surface area contributed by atoms with Crippen LogP contribution in [0.1, 0.15) is 18.4 Å². The van der Waals surface area contributed by atoms with Gasteiger partial charge in [-0.05, 0) is 31.1 Å². The van der Waals surface area contributed by atoms with Crippen LogP contribution in [0.4, 0.5) is 0 Å². The normalized spacial score (nSPS) is 20.8. The van der Waals surface area contributed by atoms with Crippen LogP contribution in [0, 0.1) is 0 Å². The van der Waals surface area contributed by atoms with Crippen molar-refractivity contribution in [2.75, 3.05) is 26.9 Å². The molecular formula is C17H25N4O4P. The fraction of sp³-hybridized carbons (Fsp3) is 0.412. The second-order valence-electron chi connectivity index (χ2n) is 6.38. The van der Waals surface area contributed by atoms with Crippen LogP contribution in [0.25, 0.3) is 5.70 Å². The van der Waals surface area contributed by atoms with Crippen LogP contribution in [0.5, 0.6) is 5.75 Å². The van der Waals surface area contributed by atoms with Crippen molar-refractivity contribution >= 4 is 14.3 Å². The van der Waals surface area contributed by atoms with E-state index in [4.69, 9.17) is 26.0 Å². The van der Waals surface area contributed by atoms with Crippen LogP contribution in [-0.2, 0) is 4.52 Å². The van der Waals surface area contributed by atoms with Crippen molar-refractivity contribution in [3.05, 3.63) is 47.4 Å². The van der Waals surface area contributed by atoms with Crippen LogP contribution in [0.15, 0.2) is 41.9 Å². The van der Waals surface area contributed by atoms with Gasteiger partial charge >= 0.3 is 8.60 Å². The second kappa shape index (κ2) is 8.14. The van der Waals surface area contributed by atoms with E-state index in [9.17, 15) is 0 Å². The van der Waals surface area contributed by atoms with Gasteiger partial charge in [-0.25, -0.2) is 0 Å². The van der Waals surface area contributed by atoms with Gasteiger partial charge in [-0.2, -0.15) is 0 Å². The molecule has 0 bridgehead atoms. The summed E-state index contributed by atoms with van der Waals surface area (Å²) in [7, 11) is -0.469. The Bertz CT molecular complexity index is 710. The zero-order chi connectivity index (χ0) is 18.7. The van der Waals surface area contributed by atoms with Crippen molar-refractivity contribution < 1.29 is 19.0 Å². The molecule has 1 aromatic carbocycles. The Morgan fingerprint density at radius 2 is 2.15 bits per heavy atom. The lowest BCUT2D eigenvalue weighted by molar-refractivity contribution is 0.104. The molecular weight excluding hydrogens is 355 g/mol. The average Bonchev–Trinajstić information content (AvgIpc) is 3.07. The minimum absolute atomic E-state index is 0.273. The summed E-state index contributed by atoms with van der Waals surface area (Å²) in [4.78, 5) is 22.0. The molecule has 0 amide bonds. The number of nitrogens with zero attached hydrogens (tertiary/aromatic N) is 2. The van der Waals surface area contributed by atoms with Gasteiger partial charge in [0, 0.05) is 37.4 Å². The van der Waals surface area contributed by atoms with E-state index in [-0.39, 0.29) is 6.79 Å². The molecule has 0 radical (unpaired) electrons. The fourth-order valence-electron chi connectivity index (χ4n) is 3.45. The Labute approximate surface area is 154 Å². The van der Waals surface area contributed by atoms with Crippen molar-refractivity contribution in [2.24, 2.45) is 11.5 Å². The number of allylic oxidation sites excluding steroid dienone is 1. The summed E-state index contributed by atoms with van der Waals surface area (Å²) in [5.41, 5.74) is 14.8. The average molecular weight is 380 g/mol. The number of hydrogen-bond acceptors (Lipinski definition) is 8. The molecule has 0 aromatic heterocycles. The van der Waals surface area contributed by atoms with Crippen molar-refractivity contribution in [3.8, 4) is 5.75 Å². The molecule has 1 aromatic rings. The molecule has 3 rings (SSSR count). The highest BCUT2D eigenvalue weighted by atomic mass is 31.2. The highest BCUT2D eigenvalue weighted by Gasteiger charge is 2.33. The van der Waals surface area contributed by atoms with Gasteiger partial charge in [-0.15, -0.1) is 0 Å². The van der Waals surface area contributed by atoms with Gasteiger partial charge < -0.3 is 35.8 Å².